The van der Waals surface area contributed by atoms with Crippen molar-refractivity contribution in [2.24, 2.45) is 0 Å². The molecule has 0 N–H and O–H groups in total. The van der Waals surface area contributed by atoms with Crippen LogP contribution in [0.25, 0.3) is 28.2 Å². The number of benzene rings is 6. The van der Waals surface area contributed by atoms with Crippen LogP contribution in [-0.2, 0) is 6.42 Å². The third-order valence-electron chi connectivity index (χ3n) is 8.88. The van der Waals surface area contributed by atoms with E-state index < -0.39 is 8.07 Å². The lowest BCUT2D eigenvalue weighted by molar-refractivity contribution is 1.07. The van der Waals surface area contributed by atoms with Crippen molar-refractivity contribution in [3.63, 3.8) is 0 Å². The molecule has 0 amide bonds. The fourth-order valence-electron chi connectivity index (χ4n) is 6.92. The van der Waals surface area contributed by atoms with Crippen LogP contribution in [-0.4, -0.2) is 17.6 Å². The number of nitrogens with zero attached hydrogens (tertiary/aromatic N) is 2. The predicted molar refractivity (Wildman–Crippen MR) is 181 cm³/mol. The topological polar surface area (TPSA) is 17.8 Å². The molecule has 0 atom stereocenters. The van der Waals surface area contributed by atoms with Crippen molar-refractivity contribution in [1.29, 1.82) is 0 Å². The Kier molecular flexibility index (Phi) is 6.24. The second kappa shape index (κ2) is 10.5. The van der Waals surface area contributed by atoms with Gasteiger partial charge < -0.3 is 0 Å². The van der Waals surface area contributed by atoms with Crippen molar-refractivity contribution >= 4 is 28.8 Å². The van der Waals surface area contributed by atoms with E-state index in [4.69, 9.17) is 4.98 Å². The van der Waals surface area contributed by atoms with Crippen LogP contribution in [0.3, 0.4) is 0 Å². The first-order valence-electron chi connectivity index (χ1n) is 14.8. The molecule has 0 unspecified atom stereocenters. The molecule has 2 nitrogen and oxygen atoms in total. The van der Waals surface area contributed by atoms with Gasteiger partial charge in [0.1, 0.15) is 5.82 Å². The Labute approximate surface area is 253 Å². The Bertz CT molecular complexity index is 1940. The van der Waals surface area contributed by atoms with E-state index in [-0.39, 0.29) is 0 Å². The van der Waals surface area contributed by atoms with Crippen molar-refractivity contribution in [1.82, 2.24) is 9.55 Å². The van der Waals surface area contributed by atoms with Gasteiger partial charge in [-0.15, -0.1) is 0 Å². The van der Waals surface area contributed by atoms with Gasteiger partial charge in [-0.2, -0.15) is 0 Å². The Hall–Kier alpha value is -5.25. The van der Waals surface area contributed by atoms with Crippen LogP contribution in [0.1, 0.15) is 11.1 Å². The summed E-state index contributed by atoms with van der Waals surface area (Å²) in [6.07, 6.45) is 4.91. The molecule has 0 saturated carbocycles. The minimum atomic E-state index is -2.60. The minimum absolute atomic E-state index is 0.955. The Morgan fingerprint density at radius 1 is 0.488 bits per heavy atom. The molecule has 7 aromatic rings. The fraction of sp³-hybridized carbons (Fsp3) is 0.0250. The van der Waals surface area contributed by atoms with Gasteiger partial charge in [-0.05, 0) is 61.6 Å². The lowest BCUT2D eigenvalue weighted by Gasteiger charge is -2.34. The van der Waals surface area contributed by atoms with Gasteiger partial charge in [-0.1, -0.05) is 146 Å². The summed E-state index contributed by atoms with van der Waals surface area (Å²) < 4.78 is 2.20. The van der Waals surface area contributed by atoms with Crippen LogP contribution in [0.15, 0.2) is 170 Å². The van der Waals surface area contributed by atoms with E-state index in [0.29, 0.717) is 0 Å². The monoisotopic (exact) mass is 566 g/mol. The Balaban J connectivity index is 1.33. The smallest absolute Gasteiger partial charge is 0.179 e. The zero-order chi connectivity index (χ0) is 28.6. The Morgan fingerprint density at radius 3 is 1.58 bits per heavy atom. The predicted octanol–water partition coefficient (Wildman–Crippen LogP) is 6.49. The summed E-state index contributed by atoms with van der Waals surface area (Å²) in [5.41, 5.74) is 7.67. The number of aromatic nitrogens is 2. The van der Waals surface area contributed by atoms with Crippen molar-refractivity contribution in [3.8, 4) is 28.2 Å². The molecule has 0 bridgehead atoms. The van der Waals surface area contributed by atoms with Gasteiger partial charge in [0, 0.05) is 23.6 Å². The first-order chi connectivity index (χ1) is 21.3. The maximum Gasteiger partial charge on any atom is 0.179 e. The molecular weight excluding hydrogens is 537 g/mol. The average Bonchev–Trinajstić information content (AvgIpc) is 3.72. The highest BCUT2D eigenvalue weighted by Gasteiger charge is 2.41. The van der Waals surface area contributed by atoms with E-state index in [1.807, 2.05) is 12.3 Å². The lowest BCUT2D eigenvalue weighted by Crippen LogP contribution is -2.74. The molecule has 1 aliphatic rings. The molecule has 1 aromatic heterocycles. The normalized spacial score (nSPS) is 12.1. The van der Waals surface area contributed by atoms with E-state index >= 15 is 0 Å². The summed E-state index contributed by atoms with van der Waals surface area (Å²) >= 11 is 0. The van der Waals surface area contributed by atoms with E-state index in [9.17, 15) is 0 Å². The molecule has 1 heterocycles. The molecule has 0 spiro atoms. The third-order valence-corrected chi connectivity index (χ3v) is 13.7. The summed E-state index contributed by atoms with van der Waals surface area (Å²) in [5.74, 6) is 0.955. The summed E-state index contributed by atoms with van der Waals surface area (Å²) in [5, 5.41) is 5.58. The van der Waals surface area contributed by atoms with Crippen LogP contribution in [0.2, 0.25) is 0 Å². The van der Waals surface area contributed by atoms with Gasteiger partial charge in [0.15, 0.2) is 8.07 Å². The van der Waals surface area contributed by atoms with Crippen LogP contribution in [0.5, 0.6) is 0 Å². The highest BCUT2D eigenvalue weighted by Crippen LogP contribution is 2.38. The molecule has 204 valence electrons. The van der Waals surface area contributed by atoms with E-state index in [1.54, 1.807) is 0 Å². The van der Waals surface area contributed by atoms with Crippen LogP contribution in [0, 0.1) is 0 Å². The average molecular weight is 567 g/mol. The molecule has 0 aliphatic heterocycles. The molecule has 0 saturated heterocycles. The van der Waals surface area contributed by atoms with E-state index in [1.165, 1.54) is 43.0 Å². The molecule has 6 aromatic carbocycles. The van der Waals surface area contributed by atoms with Crippen molar-refractivity contribution in [3.05, 3.63) is 181 Å². The van der Waals surface area contributed by atoms with Crippen LogP contribution in [0.4, 0.5) is 0 Å². The lowest BCUT2D eigenvalue weighted by atomic mass is 10.0. The van der Waals surface area contributed by atoms with Gasteiger partial charge in [0.05, 0.1) is 0 Å². The quantitative estimate of drug-likeness (QED) is 0.166. The zero-order valence-corrected chi connectivity index (χ0v) is 24.8. The zero-order valence-electron chi connectivity index (χ0n) is 23.8. The number of rotatable bonds is 6. The number of hydrogen-bond donors (Lipinski definition) is 0. The first-order valence-corrected chi connectivity index (χ1v) is 16.8. The third kappa shape index (κ3) is 4.20. The molecule has 1 aliphatic carbocycles. The molecule has 0 fully saturated rings. The SMILES string of the molecule is c1ccc(-c2nccn2-c2ccc3c(c2)-c2cc([Si](c4ccccc4)(c4ccccc4)c4ccccc4)ccc2C3)cc1. The van der Waals surface area contributed by atoms with Crippen LogP contribution >= 0.6 is 0 Å². The first kappa shape index (κ1) is 25.5. The summed E-state index contributed by atoms with van der Waals surface area (Å²) in [6.45, 7) is 0. The number of hydrogen-bond acceptors (Lipinski definition) is 1. The number of imidazole rings is 1. The van der Waals surface area contributed by atoms with Gasteiger partial charge in [-0.25, -0.2) is 4.98 Å². The summed E-state index contributed by atoms with van der Waals surface area (Å²) in [6, 6.07) is 58.1. The molecule has 8 rings (SSSR count). The largest absolute Gasteiger partial charge is 0.300 e. The fourth-order valence-corrected chi connectivity index (χ4v) is 11.7. The van der Waals surface area contributed by atoms with Gasteiger partial charge in [0.2, 0.25) is 0 Å². The maximum absolute atomic E-state index is 4.72. The standard InChI is InChI=1S/C40H30N2Si/c1-5-13-30(14-6-1)40-41-25-26-42(40)33-23-21-31-27-32-22-24-37(29-39(32)38(31)28-33)43(34-15-7-2-8-16-34,35-17-9-3-10-18-35)36-19-11-4-12-20-36/h1-26,28-29H,27H2. The van der Waals surface area contributed by atoms with E-state index in [0.717, 1.165) is 23.5 Å². The second-order valence-corrected chi connectivity index (χ2v) is 15.0. The van der Waals surface area contributed by atoms with Gasteiger partial charge in [-0.3, -0.25) is 4.57 Å². The number of fused-ring (bicyclic) bond motifs is 3. The van der Waals surface area contributed by atoms with Crippen LogP contribution < -0.4 is 20.7 Å². The van der Waals surface area contributed by atoms with Gasteiger partial charge >= 0.3 is 0 Å². The highest BCUT2D eigenvalue weighted by atomic mass is 28.3. The van der Waals surface area contributed by atoms with E-state index in [2.05, 4.69) is 162 Å². The molecule has 0 radical (unpaired) electrons. The summed E-state index contributed by atoms with van der Waals surface area (Å²) in [4.78, 5) is 4.72. The van der Waals surface area contributed by atoms with Crippen molar-refractivity contribution in [2.45, 2.75) is 6.42 Å². The molecular formula is C40H30N2Si. The maximum atomic E-state index is 4.72. The second-order valence-electron chi connectivity index (χ2n) is 11.2. The highest BCUT2D eigenvalue weighted by molar-refractivity contribution is 7.19. The molecule has 3 heteroatoms. The van der Waals surface area contributed by atoms with Gasteiger partial charge in [0.25, 0.3) is 0 Å². The molecule has 43 heavy (non-hydrogen) atoms. The Morgan fingerprint density at radius 2 is 1.00 bits per heavy atom. The minimum Gasteiger partial charge on any atom is -0.300 e. The van der Waals surface area contributed by atoms with Crippen molar-refractivity contribution < 1.29 is 0 Å². The summed E-state index contributed by atoms with van der Waals surface area (Å²) in [7, 11) is -2.60. The van der Waals surface area contributed by atoms with Crippen molar-refractivity contribution in [2.75, 3.05) is 0 Å².